The smallest absolute Gasteiger partial charge is 0.148 e. The summed E-state index contributed by atoms with van der Waals surface area (Å²) >= 11 is 0. The molecule has 0 atom stereocenters. The minimum atomic E-state index is -0.632. The van der Waals surface area contributed by atoms with Gasteiger partial charge in [0.05, 0.1) is 6.10 Å². The fraction of sp³-hybridized carbons (Fsp3) is 0.600. The molecule has 1 aromatic rings. The number of nitrogens with two attached hydrogens (primary N) is 1. The minimum absolute atomic E-state index is 0.0585. The van der Waals surface area contributed by atoms with Gasteiger partial charge in [0.2, 0.25) is 0 Å². The maximum absolute atomic E-state index is 12.9. The lowest BCUT2D eigenvalue weighted by molar-refractivity contribution is -0.138. The second kappa shape index (κ2) is 7.26. The van der Waals surface area contributed by atoms with Crippen molar-refractivity contribution in [1.82, 2.24) is 0 Å². The summed E-state index contributed by atoms with van der Waals surface area (Å²) in [5.41, 5.74) is 1.62. The molecular formula is C20H27NO4. The van der Waals surface area contributed by atoms with Crippen molar-refractivity contribution < 1.29 is 19.2 Å². The molecule has 2 saturated carbocycles. The second-order valence-electron chi connectivity index (χ2n) is 7.49. The van der Waals surface area contributed by atoms with Crippen LogP contribution in [-0.4, -0.2) is 24.8 Å². The van der Waals surface area contributed by atoms with Gasteiger partial charge in [0.15, 0.2) is 0 Å². The molecule has 2 aliphatic carbocycles. The first-order valence-electron chi connectivity index (χ1n) is 9.09. The number of ketones is 2. The molecule has 1 aromatic carbocycles. The first-order chi connectivity index (χ1) is 12.0. The van der Waals surface area contributed by atoms with Crippen molar-refractivity contribution in [2.24, 2.45) is 11.3 Å². The molecule has 5 heteroatoms. The number of carbonyl (C=O) groups excluding carboxylic acids is 2. The van der Waals surface area contributed by atoms with Gasteiger partial charge in [-0.15, -0.1) is 0 Å². The Hall–Kier alpha value is -1.72. The van der Waals surface area contributed by atoms with Gasteiger partial charge >= 0.3 is 0 Å². The summed E-state index contributed by atoms with van der Waals surface area (Å²) in [6, 6.07) is 5.37. The van der Waals surface area contributed by atoms with Crippen LogP contribution in [0.15, 0.2) is 18.2 Å². The highest BCUT2D eigenvalue weighted by Gasteiger charge is 2.47. The predicted octanol–water partition coefficient (Wildman–Crippen LogP) is 3.09. The number of ether oxygens (including phenoxy) is 1. The van der Waals surface area contributed by atoms with Crippen LogP contribution >= 0.6 is 0 Å². The second-order valence-corrected chi connectivity index (χ2v) is 7.49. The van der Waals surface area contributed by atoms with E-state index in [0.29, 0.717) is 18.6 Å². The topological polar surface area (TPSA) is 78.6 Å². The average Bonchev–Trinajstić information content (AvgIpc) is 2.62. The van der Waals surface area contributed by atoms with E-state index in [1.165, 1.54) is 0 Å². The van der Waals surface area contributed by atoms with Gasteiger partial charge in [-0.1, -0.05) is 13.0 Å². The van der Waals surface area contributed by atoms with Crippen LogP contribution in [0.4, 0.5) is 0 Å². The van der Waals surface area contributed by atoms with Crippen molar-refractivity contribution in [3.8, 4) is 5.75 Å². The fourth-order valence-corrected chi connectivity index (χ4v) is 4.57. The van der Waals surface area contributed by atoms with Gasteiger partial charge in [0.1, 0.15) is 23.2 Å². The number of hydrogen-bond donors (Lipinski definition) is 1. The van der Waals surface area contributed by atoms with Gasteiger partial charge in [-0.2, -0.15) is 5.90 Å². The fourth-order valence-electron chi connectivity index (χ4n) is 4.57. The Kier molecular flexibility index (Phi) is 5.25. The molecule has 0 radical (unpaired) electrons. The Morgan fingerprint density at radius 1 is 1.16 bits per heavy atom. The molecule has 0 bridgehead atoms. The zero-order valence-electron chi connectivity index (χ0n) is 15.0. The lowest BCUT2D eigenvalue weighted by atomic mass is 9.61. The standard InChI is InChI=1S/C20H27NO4/c1-3-13-10-15(25-21)4-5-16(13)19-17(22)11-20(12-18(19)23)8-6-14(24-2)7-9-20/h4-5,10,14,19H,3,6-9,11-12,21H2,1-2H3. The predicted molar refractivity (Wildman–Crippen MR) is 94.3 cm³/mol. The van der Waals surface area contributed by atoms with Gasteiger partial charge in [-0.25, -0.2) is 0 Å². The molecule has 5 nitrogen and oxygen atoms in total. The van der Waals surface area contributed by atoms with Crippen LogP contribution in [-0.2, 0) is 20.7 Å². The quantitative estimate of drug-likeness (QED) is 0.670. The van der Waals surface area contributed by atoms with Crippen LogP contribution in [0.3, 0.4) is 0 Å². The Morgan fingerprint density at radius 3 is 2.32 bits per heavy atom. The molecule has 136 valence electrons. The van der Waals surface area contributed by atoms with Crippen molar-refractivity contribution in [2.45, 2.75) is 63.9 Å². The number of methoxy groups -OCH3 is 1. The first kappa shape index (κ1) is 18.1. The van der Waals surface area contributed by atoms with E-state index in [1.54, 1.807) is 13.2 Å². The van der Waals surface area contributed by atoms with Crippen LogP contribution in [0, 0.1) is 5.41 Å². The Morgan fingerprint density at radius 2 is 1.80 bits per heavy atom. The zero-order chi connectivity index (χ0) is 18.0. The minimum Gasteiger partial charge on any atom is -0.412 e. The molecule has 2 fully saturated rings. The third-order valence-corrected chi connectivity index (χ3v) is 6.01. The highest BCUT2D eigenvalue weighted by molar-refractivity contribution is 6.10. The third kappa shape index (κ3) is 3.48. The zero-order valence-corrected chi connectivity index (χ0v) is 15.0. The van der Waals surface area contributed by atoms with Crippen molar-refractivity contribution in [3.63, 3.8) is 0 Å². The highest BCUT2D eigenvalue weighted by Crippen LogP contribution is 2.49. The number of aryl methyl sites for hydroxylation is 1. The molecule has 0 unspecified atom stereocenters. The Bertz CT molecular complexity index is 642. The number of carbonyl (C=O) groups is 2. The van der Waals surface area contributed by atoms with E-state index < -0.39 is 5.92 Å². The molecule has 2 aliphatic rings. The number of benzene rings is 1. The van der Waals surface area contributed by atoms with Gasteiger partial charge < -0.3 is 9.57 Å². The monoisotopic (exact) mass is 345 g/mol. The largest absolute Gasteiger partial charge is 0.412 e. The summed E-state index contributed by atoms with van der Waals surface area (Å²) in [7, 11) is 1.73. The Balaban J connectivity index is 1.82. The van der Waals surface area contributed by atoms with E-state index in [1.807, 2.05) is 19.1 Å². The highest BCUT2D eigenvalue weighted by atomic mass is 16.6. The normalized spacial score (nSPS) is 29.9. The maximum Gasteiger partial charge on any atom is 0.148 e. The van der Waals surface area contributed by atoms with E-state index in [9.17, 15) is 9.59 Å². The van der Waals surface area contributed by atoms with Crippen molar-refractivity contribution in [2.75, 3.05) is 7.11 Å². The summed E-state index contributed by atoms with van der Waals surface area (Å²) in [6.45, 7) is 2.00. The van der Waals surface area contributed by atoms with Gasteiger partial charge in [0.25, 0.3) is 0 Å². The lowest BCUT2D eigenvalue weighted by Crippen LogP contribution is -2.42. The summed E-state index contributed by atoms with van der Waals surface area (Å²) in [4.78, 5) is 30.7. The molecule has 0 saturated heterocycles. The molecule has 0 aromatic heterocycles. The average molecular weight is 345 g/mol. The number of Topliss-reactive ketones (excluding diaryl/α,β-unsaturated/α-hetero) is 2. The van der Waals surface area contributed by atoms with Crippen molar-refractivity contribution in [3.05, 3.63) is 29.3 Å². The van der Waals surface area contributed by atoms with Gasteiger partial charge in [-0.05, 0) is 60.8 Å². The van der Waals surface area contributed by atoms with Crippen LogP contribution < -0.4 is 10.7 Å². The summed E-state index contributed by atoms with van der Waals surface area (Å²) < 4.78 is 5.43. The molecule has 25 heavy (non-hydrogen) atoms. The molecule has 0 aliphatic heterocycles. The number of hydrogen-bond acceptors (Lipinski definition) is 5. The van der Waals surface area contributed by atoms with E-state index >= 15 is 0 Å². The molecular weight excluding hydrogens is 318 g/mol. The lowest BCUT2D eigenvalue weighted by Gasteiger charge is -2.43. The van der Waals surface area contributed by atoms with E-state index in [2.05, 4.69) is 0 Å². The Labute approximate surface area is 148 Å². The summed E-state index contributed by atoms with van der Waals surface area (Å²) in [5.74, 6) is 5.26. The van der Waals surface area contributed by atoms with E-state index in [4.69, 9.17) is 15.5 Å². The van der Waals surface area contributed by atoms with Gasteiger partial charge in [-0.3, -0.25) is 9.59 Å². The molecule has 3 rings (SSSR count). The SMILES string of the molecule is CCc1cc(ON)ccc1C1C(=O)CC2(CCC(OC)CC2)CC1=O. The van der Waals surface area contributed by atoms with Crippen LogP contribution in [0.1, 0.15) is 62.5 Å². The summed E-state index contributed by atoms with van der Waals surface area (Å²) in [5, 5.41) is 0. The van der Waals surface area contributed by atoms with E-state index in [-0.39, 0.29) is 23.1 Å². The van der Waals surface area contributed by atoms with Crippen LogP contribution in [0.25, 0.3) is 0 Å². The van der Waals surface area contributed by atoms with Crippen LogP contribution in [0.2, 0.25) is 0 Å². The van der Waals surface area contributed by atoms with E-state index in [0.717, 1.165) is 43.2 Å². The molecule has 0 amide bonds. The molecule has 1 spiro atoms. The molecule has 2 N–H and O–H groups in total. The maximum atomic E-state index is 12.9. The van der Waals surface area contributed by atoms with Gasteiger partial charge in [0, 0.05) is 20.0 Å². The first-order valence-corrected chi connectivity index (χ1v) is 9.09. The number of rotatable bonds is 4. The van der Waals surface area contributed by atoms with Crippen molar-refractivity contribution >= 4 is 11.6 Å². The van der Waals surface area contributed by atoms with Crippen molar-refractivity contribution in [1.29, 1.82) is 0 Å². The molecule has 0 heterocycles. The summed E-state index contributed by atoms with van der Waals surface area (Å²) in [6.07, 6.45) is 5.66. The van der Waals surface area contributed by atoms with Crippen LogP contribution in [0.5, 0.6) is 5.75 Å². The third-order valence-electron chi connectivity index (χ3n) is 6.01.